The predicted molar refractivity (Wildman–Crippen MR) is 629 cm³/mol. The van der Waals surface area contributed by atoms with Crippen LogP contribution in [0.2, 0.25) is 0 Å². The van der Waals surface area contributed by atoms with Gasteiger partial charge in [0.1, 0.15) is 0 Å². The summed E-state index contributed by atoms with van der Waals surface area (Å²) in [4.78, 5) is 2.69. The molecule has 0 N–H and O–H groups in total. The van der Waals surface area contributed by atoms with Crippen LogP contribution in [-0.4, -0.2) is 0 Å². The van der Waals surface area contributed by atoms with E-state index in [9.17, 15) is 0 Å². The van der Waals surface area contributed by atoms with Gasteiger partial charge in [0.05, 0.1) is 5.69 Å². The molecular weight excluding hydrogens is 1740 g/mol. The molecule has 0 aliphatic heterocycles. The van der Waals surface area contributed by atoms with Crippen molar-refractivity contribution in [1.82, 2.24) is 0 Å². The Morgan fingerprint density at radius 1 is 0.179 bits per heavy atom. The Bertz CT molecular complexity index is 6650. The number of nitrogens with zero attached hydrogens (tertiary/aromatic N) is 1. The molecule has 0 heterocycles. The zero-order valence-corrected chi connectivity index (χ0v) is 91.5. The zero-order chi connectivity index (χ0) is 100. The number of fused-ring (bicyclic) bond motifs is 20. The molecule has 750 valence electrons. The highest BCUT2D eigenvalue weighted by Gasteiger charge is 2.49. The molecule has 0 radical (unpaired) electrons. The molecule has 0 spiro atoms. The highest BCUT2D eigenvalue weighted by molar-refractivity contribution is 6.11. The summed E-state index contributed by atoms with van der Waals surface area (Å²) in [5.41, 5.74) is 50.6. The smallest absolute Gasteiger partial charge is 0.0543 e. The van der Waals surface area contributed by atoms with Crippen molar-refractivity contribution < 1.29 is 0 Å². The summed E-state index contributed by atoms with van der Waals surface area (Å²) in [5.74, 6) is 0. The number of benzene rings is 14. The first-order valence-electron chi connectivity index (χ1n) is 58.7. The van der Waals surface area contributed by atoms with E-state index in [1.54, 1.807) is 33.4 Å². The lowest BCUT2D eigenvalue weighted by molar-refractivity contribution is 0.398. The normalized spacial score (nSPS) is 15.1. The predicted octanol–water partition coefficient (Wildman–Crippen LogP) is 43.8. The van der Waals surface area contributed by atoms with Crippen molar-refractivity contribution in [2.75, 3.05) is 4.90 Å². The first kappa shape index (κ1) is 101. The van der Waals surface area contributed by atoms with Crippen molar-refractivity contribution in [2.24, 2.45) is 0 Å². The molecule has 14 aromatic carbocycles. The Morgan fingerprint density at radius 3 is 0.772 bits per heavy atom. The maximum absolute atomic E-state index is 2.79. The van der Waals surface area contributed by atoms with Crippen molar-refractivity contribution in [3.63, 3.8) is 0 Å². The fourth-order valence-electron chi connectivity index (χ4n) is 28.9. The van der Waals surface area contributed by atoms with Crippen LogP contribution < -0.4 is 4.90 Å². The van der Waals surface area contributed by atoms with Crippen LogP contribution in [-0.2, 0) is 32.5 Å². The van der Waals surface area contributed by atoms with Gasteiger partial charge in [-0.15, -0.1) is 0 Å². The van der Waals surface area contributed by atoms with Gasteiger partial charge >= 0.3 is 0 Å². The van der Waals surface area contributed by atoms with Gasteiger partial charge in [-0.2, -0.15) is 0 Å². The molecule has 145 heavy (non-hydrogen) atoms. The molecule has 0 aromatic heterocycles. The van der Waals surface area contributed by atoms with Gasteiger partial charge in [-0.3, -0.25) is 0 Å². The van der Waals surface area contributed by atoms with Crippen molar-refractivity contribution in [3.05, 3.63) is 339 Å². The Kier molecular flexibility index (Phi) is 30.7. The number of unbranched alkanes of at least 4 members (excludes halogenated alkanes) is 30. The van der Waals surface area contributed by atoms with Gasteiger partial charge < -0.3 is 4.90 Å². The van der Waals surface area contributed by atoms with Crippen LogP contribution in [0.25, 0.3) is 122 Å². The molecular formula is C144H169N. The van der Waals surface area contributed by atoms with Crippen molar-refractivity contribution >= 4 is 27.8 Å². The molecule has 6 aliphatic rings. The van der Waals surface area contributed by atoms with Crippen LogP contribution in [0.15, 0.2) is 261 Å². The first-order chi connectivity index (χ1) is 70.8. The van der Waals surface area contributed by atoms with Crippen LogP contribution in [0.3, 0.4) is 0 Å². The van der Waals surface area contributed by atoms with Crippen LogP contribution in [0.4, 0.5) is 17.1 Å². The summed E-state index contributed by atoms with van der Waals surface area (Å²) in [7, 11) is 0. The lowest BCUT2D eigenvalue weighted by atomic mass is 9.70. The number of rotatable bonds is 49. The minimum absolute atomic E-state index is 0.0200. The number of hydrogen-bond acceptors (Lipinski definition) is 1. The molecule has 0 unspecified atom stereocenters. The van der Waals surface area contributed by atoms with Crippen LogP contribution in [0.1, 0.15) is 431 Å². The maximum Gasteiger partial charge on any atom is 0.0543 e. The van der Waals surface area contributed by atoms with E-state index in [-0.39, 0.29) is 32.5 Å². The third-order valence-corrected chi connectivity index (χ3v) is 37.2. The SMILES string of the molecule is CCCCCCCCC1(CCCCCCCC)c2ccccc2-c2ccc(-c3ccc4c(c3)C(C)(C)c3cc(-c5cc(N(c6ccc(C)c(-c7ccc8c(c7)C(C)(C)c7cc(-c9ccc%10c(c9)C(CCCCCCCC)(CCCCCCCC)c9ccccc9-%10)ccc7-8)c6)c6cc7c(c8ccccc68)-c6cc8c(cc6C7(C)C)-c6ccccc6C8(CCCCCCCC)CCCCCCCC)ccc5C)ccc3-4)cc21. The Hall–Kier alpha value is -10.9. The maximum atomic E-state index is 2.79. The highest BCUT2D eigenvalue weighted by Crippen LogP contribution is 2.65. The van der Waals surface area contributed by atoms with E-state index in [1.807, 2.05) is 0 Å². The Balaban J connectivity index is 0.681. The molecule has 0 amide bonds. The lowest BCUT2D eigenvalue weighted by Gasteiger charge is -2.33. The van der Waals surface area contributed by atoms with Gasteiger partial charge in [0.2, 0.25) is 0 Å². The van der Waals surface area contributed by atoms with E-state index in [0.717, 1.165) is 11.4 Å². The Labute approximate surface area is 875 Å². The van der Waals surface area contributed by atoms with Gasteiger partial charge in [0, 0.05) is 49.3 Å². The van der Waals surface area contributed by atoms with E-state index < -0.39 is 0 Å². The molecule has 6 aliphatic carbocycles. The second-order valence-electron chi connectivity index (χ2n) is 47.6. The molecule has 0 saturated carbocycles. The number of aryl methyl sites for hydroxylation is 2. The molecule has 0 saturated heterocycles. The summed E-state index contributed by atoms with van der Waals surface area (Å²) in [6.07, 6.45) is 54.6. The molecule has 0 bridgehead atoms. The van der Waals surface area contributed by atoms with E-state index in [2.05, 4.69) is 363 Å². The molecule has 0 atom stereocenters. The van der Waals surface area contributed by atoms with E-state index in [1.165, 1.54) is 442 Å². The van der Waals surface area contributed by atoms with E-state index in [0.29, 0.717) is 0 Å². The standard InChI is InChI=1S/C144H169N/c1-15-21-27-33-39-53-83-142(84-54-40-34-28-22-16-2)125-64-50-47-59-110(125)117-79-71-104(91-133(117)142)102-69-77-113-115-81-73-106(93-130(115)139(9,10)128(113)89-102)121-95-108(75-67-100(121)7)145(137-99-136-138(120-63-46-45-62-119(120)137)124-98-135-123(97-132(124)141(136,13)14)112-61-49-52-66-127(112)144(135,87-57-43-37-31-25-19-5)88-58-44-38-32-26-20-6)109-76-68-101(8)122(96-109)107-74-82-116-114-78-70-103(90-129(114)140(11,12)131(116)94-107)105-72-80-118-111-60-48-51-65-126(111)143(134(118)92-105,85-55-41-35-29-23-17-3)86-56-42-36-30-24-18-4/h45-52,59-82,89-99H,15-44,53-58,83-88H2,1-14H3. The van der Waals surface area contributed by atoms with Crippen molar-refractivity contribution in [3.8, 4) is 111 Å². The minimum Gasteiger partial charge on any atom is -0.310 e. The summed E-state index contributed by atoms with van der Waals surface area (Å²) in [6, 6.07) is 107. The molecule has 14 aromatic rings. The average molecular weight is 1910 g/mol. The molecule has 0 fully saturated rings. The van der Waals surface area contributed by atoms with Gasteiger partial charge in [-0.05, 0) is 326 Å². The van der Waals surface area contributed by atoms with Crippen LogP contribution >= 0.6 is 0 Å². The second kappa shape index (κ2) is 43.9. The lowest BCUT2D eigenvalue weighted by Crippen LogP contribution is -2.26. The third-order valence-electron chi connectivity index (χ3n) is 37.2. The fourth-order valence-corrected chi connectivity index (χ4v) is 28.9. The molecule has 1 heteroatoms. The number of anilines is 3. The average Bonchev–Trinajstić information content (AvgIpc) is 1.52. The summed E-state index contributed by atoms with van der Waals surface area (Å²) < 4.78 is 0. The largest absolute Gasteiger partial charge is 0.310 e. The first-order valence-corrected chi connectivity index (χ1v) is 58.7. The summed E-state index contributed by atoms with van der Waals surface area (Å²) in [6.45, 7) is 33.9. The molecule has 20 rings (SSSR count). The Morgan fingerprint density at radius 2 is 0.428 bits per heavy atom. The van der Waals surface area contributed by atoms with Crippen LogP contribution in [0.5, 0.6) is 0 Å². The van der Waals surface area contributed by atoms with Gasteiger partial charge in [-0.1, -0.05) is 496 Å². The van der Waals surface area contributed by atoms with Gasteiger partial charge in [0.15, 0.2) is 0 Å². The zero-order valence-electron chi connectivity index (χ0n) is 91.5. The second-order valence-corrected chi connectivity index (χ2v) is 47.6. The number of hydrogen-bond donors (Lipinski definition) is 0. The fraction of sp³-hybridized carbons (Fsp3) is 0.431. The summed E-state index contributed by atoms with van der Waals surface area (Å²) >= 11 is 0. The molecule has 1 nitrogen and oxygen atoms in total. The van der Waals surface area contributed by atoms with E-state index in [4.69, 9.17) is 0 Å². The van der Waals surface area contributed by atoms with Crippen molar-refractivity contribution in [2.45, 2.75) is 399 Å². The topological polar surface area (TPSA) is 3.24 Å². The van der Waals surface area contributed by atoms with Gasteiger partial charge in [-0.25, -0.2) is 0 Å². The van der Waals surface area contributed by atoms with Gasteiger partial charge in [0.25, 0.3) is 0 Å². The monoisotopic (exact) mass is 1910 g/mol. The highest BCUT2D eigenvalue weighted by atomic mass is 15.1. The third kappa shape index (κ3) is 19.0. The quantitative estimate of drug-likeness (QED) is 0.0344. The van der Waals surface area contributed by atoms with E-state index >= 15 is 0 Å². The van der Waals surface area contributed by atoms with Crippen LogP contribution in [0, 0.1) is 13.8 Å². The van der Waals surface area contributed by atoms with Crippen molar-refractivity contribution in [1.29, 1.82) is 0 Å². The summed E-state index contributed by atoms with van der Waals surface area (Å²) in [5, 5.41) is 2.60. The minimum atomic E-state index is -0.329.